The number of nitrogens with zero attached hydrogens (tertiary/aromatic N) is 3. The van der Waals surface area contributed by atoms with Gasteiger partial charge in [-0.05, 0) is 71.8 Å². The SMILES string of the molecule is Cc1cc2c3ncccc3n3c4cc(-c5ccccc5)cc5cc[n+](C)c(c(c1C)c23)c54. The van der Waals surface area contributed by atoms with Crippen LogP contribution in [-0.2, 0) is 7.05 Å². The van der Waals surface area contributed by atoms with E-state index in [1.807, 2.05) is 12.3 Å². The van der Waals surface area contributed by atoms with Crippen molar-refractivity contribution in [2.24, 2.45) is 7.05 Å². The predicted molar refractivity (Wildman–Crippen MR) is 132 cm³/mol. The van der Waals surface area contributed by atoms with Crippen LogP contribution >= 0.6 is 0 Å². The quantitative estimate of drug-likeness (QED) is 0.171. The zero-order chi connectivity index (χ0) is 21.6. The van der Waals surface area contributed by atoms with E-state index in [1.54, 1.807) is 0 Å². The zero-order valence-corrected chi connectivity index (χ0v) is 18.3. The van der Waals surface area contributed by atoms with Crippen molar-refractivity contribution in [3.05, 3.63) is 90.3 Å². The van der Waals surface area contributed by atoms with Gasteiger partial charge in [0.2, 0.25) is 5.52 Å². The summed E-state index contributed by atoms with van der Waals surface area (Å²) >= 11 is 0. The highest BCUT2D eigenvalue weighted by molar-refractivity contribution is 6.25. The highest BCUT2D eigenvalue weighted by atomic mass is 15.0. The maximum Gasteiger partial charge on any atom is 0.224 e. The molecule has 0 amide bonds. The summed E-state index contributed by atoms with van der Waals surface area (Å²) < 4.78 is 4.73. The van der Waals surface area contributed by atoms with Crippen molar-refractivity contribution >= 4 is 49.1 Å². The molecule has 32 heavy (non-hydrogen) atoms. The number of hydrogen-bond donors (Lipinski definition) is 0. The van der Waals surface area contributed by atoms with Gasteiger partial charge in [-0.3, -0.25) is 4.98 Å². The number of benzene rings is 3. The summed E-state index contributed by atoms with van der Waals surface area (Å²) in [6, 6.07) is 24.1. The fourth-order valence-corrected chi connectivity index (χ4v) is 5.52. The van der Waals surface area contributed by atoms with Gasteiger partial charge in [0.15, 0.2) is 6.20 Å². The second-order valence-corrected chi connectivity index (χ2v) is 8.90. The second-order valence-electron chi connectivity index (χ2n) is 8.90. The zero-order valence-electron chi connectivity index (χ0n) is 18.3. The first-order valence-electron chi connectivity index (χ1n) is 11.1. The Labute approximate surface area is 185 Å². The van der Waals surface area contributed by atoms with Crippen LogP contribution in [0.4, 0.5) is 0 Å². The lowest BCUT2D eigenvalue weighted by molar-refractivity contribution is -0.643. The van der Waals surface area contributed by atoms with Crippen LogP contribution < -0.4 is 4.57 Å². The Morgan fingerprint density at radius 1 is 0.812 bits per heavy atom. The average molecular weight is 413 g/mol. The number of rotatable bonds is 1. The molecule has 7 rings (SSSR count). The minimum absolute atomic E-state index is 1.07. The molecule has 0 saturated carbocycles. The topological polar surface area (TPSA) is 21.2 Å². The molecular weight excluding hydrogens is 390 g/mol. The van der Waals surface area contributed by atoms with Crippen molar-refractivity contribution in [3.8, 4) is 11.1 Å². The molecule has 0 spiro atoms. The maximum absolute atomic E-state index is 4.82. The molecule has 4 aromatic heterocycles. The van der Waals surface area contributed by atoms with Crippen LogP contribution in [-0.4, -0.2) is 9.38 Å². The van der Waals surface area contributed by atoms with Crippen LogP contribution in [0.1, 0.15) is 11.1 Å². The van der Waals surface area contributed by atoms with Gasteiger partial charge in [-0.15, -0.1) is 0 Å². The molecule has 0 bridgehead atoms. The number of aromatic nitrogens is 3. The van der Waals surface area contributed by atoms with Crippen LogP contribution in [0.3, 0.4) is 0 Å². The molecule has 0 unspecified atom stereocenters. The van der Waals surface area contributed by atoms with Crippen molar-refractivity contribution in [1.82, 2.24) is 9.38 Å². The summed E-state index contributed by atoms with van der Waals surface area (Å²) in [4.78, 5) is 4.82. The smallest absolute Gasteiger partial charge is 0.224 e. The van der Waals surface area contributed by atoms with Crippen molar-refractivity contribution in [3.63, 3.8) is 0 Å². The third-order valence-electron chi connectivity index (χ3n) is 7.13. The van der Waals surface area contributed by atoms with E-state index in [2.05, 4.69) is 96.7 Å². The minimum Gasteiger partial charge on any atom is -0.306 e. The predicted octanol–water partition coefficient (Wildman–Crippen LogP) is 6.49. The Morgan fingerprint density at radius 3 is 2.50 bits per heavy atom. The number of pyridine rings is 3. The molecule has 0 atom stereocenters. The van der Waals surface area contributed by atoms with Crippen molar-refractivity contribution in [2.75, 3.05) is 0 Å². The van der Waals surface area contributed by atoms with Crippen molar-refractivity contribution < 1.29 is 4.57 Å². The summed E-state index contributed by atoms with van der Waals surface area (Å²) in [5, 5.41) is 5.12. The number of aryl methyl sites for hydroxylation is 3. The highest BCUT2D eigenvalue weighted by Gasteiger charge is 2.25. The minimum atomic E-state index is 1.07. The van der Waals surface area contributed by atoms with Gasteiger partial charge in [-0.2, -0.15) is 0 Å². The summed E-state index contributed by atoms with van der Waals surface area (Å²) in [5.41, 5.74) is 11.1. The van der Waals surface area contributed by atoms with Gasteiger partial charge >= 0.3 is 0 Å². The van der Waals surface area contributed by atoms with Gasteiger partial charge < -0.3 is 4.40 Å². The molecule has 3 heteroatoms. The van der Waals surface area contributed by atoms with E-state index in [0.717, 1.165) is 11.0 Å². The summed E-state index contributed by atoms with van der Waals surface area (Å²) in [5.74, 6) is 0. The molecule has 3 nitrogen and oxygen atoms in total. The van der Waals surface area contributed by atoms with Crippen LogP contribution in [0, 0.1) is 13.8 Å². The largest absolute Gasteiger partial charge is 0.306 e. The second kappa shape index (κ2) is 6.04. The Morgan fingerprint density at radius 2 is 1.66 bits per heavy atom. The molecule has 152 valence electrons. The molecule has 7 aromatic rings. The first-order chi connectivity index (χ1) is 15.6. The summed E-state index contributed by atoms with van der Waals surface area (Å²) in [6.07, 6.45) is 4.10. The van der Waals surface area contributed by atoms with Gasteiger partial charge in [0.25, 0.3) is 0 Å². The molecule has 0 aliphatic carbocycles. The standard InChI is InChI=1S/C29H22N3/c1-17-14-22-27-23(10-7-12-30-27)32-24-16-21(19-8-5-4-6-9-19)15-20-11-13-31(3)29(26(20)24)25(18(17)2)28(22)32/h4-16H,1-3H3/q+1. The van der Waals surface area contributed by atoms with Crippen molar-refractivity contribution in [2.45, 2.75) is 13.8 Å². The molecule has 4 heterocycles. The Balaban J connectivity index is 1.87. The van der Waals surface area contributed by atoms with E-state index < -0.39 is 0 Å². The van der Waals surface area contributed by atoms with E-state index in [4.69, 9.17) is 4.98 Å². The molecular formula is C29H22N3+. The lowest BCUT2D eigenvalue weighted by Gasteiger charge is -2.15. The fourth-order valence-electron chi connectivity index (χ4n) is 5.52. The van der Waals surface area contributed by atoms with Crippen LogP contribution in [0.5, 0.6) is 0 Å². The summed E-state index contributed by atoms with van der Waals surface area (Å²) in [7, 11) is 2.16. The van der Waals surface area contributed by atoms with E-state index in [0.29, 0.717) is 0 Å². The van der Waals surface area contributed by atoms with Crippen LogP contribution in [0.15, 0.2) is 79.1 Å². The van der Waals surface area contributed by atoms with E-state index in [1.165, 1.54) is 60.3 Å². The van der Waals surface area contributed by atoms with Crippen molar-refractivity contribution in [1.29, 1.82) is 0 Å². The Kier molecular flexibility index (Phi) is 3.34. The lowest BCUT2D eigenvalue weighted by atomic mass is 9.95. The van der Waals surface area contributed by atoms with Gasteiger partial charge in [-0.1, -0.05) is 30.3 Å². The first-order valence-corrected chi connectivity index (χ1v) is 11.1. The van der Waals surface area contributed by atoms with E-state index >= 15 is 0 Å². The van der Waals surface area contributed by atoms with Gasteiger partial charge in [0, 0.05) is 17.6 Å². The van der Waals surface area contributed by atoms with Gasteiger partial charge in [0.1, 0.15) is 7.05 Å². The van der Waals surface area contributed by atoms with E-state index in [-0.39, 0.29) is 0 Å². The summed E-state index contributed by atoms with van der Waals surface area (Å²) in [6.45, 7) is 4.47. The van der Waals surface area contributed by atoms with Crippen LogP contribution in [0.25, 0.3) is 60.3 Å². The molecule has 0 N–H and O–H groups in total. The molecule has 0 aliphatic heterocycles. The Bertz CT molecular complexity index is 1840. The van der Waals surface area contributed by atoms with Crippen LogP contribution in [0.2, 0.25) is 0 Å². The molecule has 0 fully saturated rings. The average Bonchev–Trinajstić information content (AvgIpc) is 3.15. The third-order valence-corrected chi connectivity index (χ3v) is 7.13. The third kappa shape index (κ3) is 2.10. The van der Waals surface area contributed by atoms with E-state index in [9.17, 15) is 0 Å². The van der Waals surface area contributed by atoms with Gasteiger partial charge in [-0.25, -0.2) is 4.57 Å². The highest BCUT2D eigenvalue weighted by Crippen LogP contribution is 2.42. The molecule has 0 saturated heterocycles. The fraction of sp³-hybridized carbons (Fsp3) is 0.103. The number of fused-ring (bicyclic) bond motifs is 5. The normalized spacial score (nSPS) is 12.2. The Hall–Kier alpha value is -3.98. The molecule has 0 radical (unpaired) electrons. The lowest BCUT2D eigenvalue weighted by Crippen LogP contribution is -2.29. The molecule has 3 aromatic carbocycles. The number of hydrogen-bond acceptors (Lipinski definition) is 1. The monoisotopic (exact) mass is 412 g/mol. The van der Waals surface area contributed by atoms with Gasteiger partial charge in [0.05, 0.1) is 32.8 Å². The molecule has 0 aliphatic rings. The first kappa shape index (κ1) is 17.7. The maximum atomic E-state index is 4.82.